The zero-order valence-corrected chi connectivity index (χ0v) is 7.88. The maximum atomic E-state index is 12.9. The van der Waals surface area contributed by atoms with Gasteiger partial charge in [0.05, 0.1) is 6.10 Å². The van der Waals surface area contributed by atoms with Gasteiger partial charge in [0.15, 0.2) is 5.41 Å². The van der Waals surface area contributed by atoms with Crippen molar-refractivity contribution in [2.75, 3.05) is 0 Å². The number of fused-ring (bicyclic) bond motifs is 1. The molecule has 5 unspecified atom stereocenters. The molecule has 0 spiro atoms. The van der Waals surface area contributed by atoms with E-state index in [1.54, 1.807) is 6.92 Å². The lowest BCUT2D eigenvalue weighted by atomic mass is 9.71. The zero-order valence-electron chi connectivity index (χ0n) is 7.88. The van der Waals surface area contributed by atoms with Crippen LogP contribution in [0.1, 0.15) is 13.3 Å². The average molecular weight is 222 g/mol. The van der Waals surface area contributed by atoms with Crippen molar-refractivity contribution in [2.45, 2.75) is 37.8 Å². The Kier molecular flexibility index (Phi) is 1.46. The van der Waals surface area contributed by atoms with Crippen molar-refractivity contribution >= 4 is 5.97 Å². The van der Waals surface area contributed by atoms with E-state index in [9.17, 15) is 18.0 Å². The van der Waals surface area contributed by atoms with Gasteiger partial charge < -0.3 is 9.47 Å². The molecular weight excluding hydrogens is 213 g/mol. The second kappa shape index (κ2) is 2.31. The van der Waals surface area contributed by atoms with Gasteiger partial charge in [-0.3, -0.25) is 4.79 Å². The number of ether oxygens (including phenoxy) is 2. The molecule has 0 N–H and O–H groups in total. The smallest absolute Gasteiger partial charge is 0.407 e. The summed E-state index contributed by atoms with van der Waals surface area (Å²) in [5.41, 5.74) is -2.38. The molecule has 3 rings (SSSR count). The summed E-state index contributed by atoms with van der Waals surface area (Å²) in [7, 11) is 0. The Balaban J connectivity index is 2.10. The van der Waals surface area contributed by atoms with Gasteiger partial charge in [-0.15, -0.1) is 0 Å². The Morgan fingerprint density at radius 3 is 2.67 bits per heavy atom. The van der Waals surface area contributed by atoms with E-state index in [-0.39, 0.29) is 12.3 Å². The van der Waals surface area contributed by atoms with E-state index in [1.807, 2.05) is 0 Å². The molecule has 3 heterocycles. The number of hydrogen-bond acceptors (Lipinski definition) is 3. The number of carbonyl (C=O) groups excluding carboxylic acids is 1. The van der Waals surface area contributed by atoms with Gasteiger partial charge in [0, 0.05) is 12.3 Å². The number of esters is 1. The van der Waals surface area contributed by atoms with Crippen LogP contribution in [0.15, 0.2) is 0 Å². The Morgan fingerprint density at radius 1 is 1.47 bits per heavy atom. The predicted octanol–water partition coefficient (Wildman–Crippen LogP) is 1.27. The number of carbonyl (C=O) groups is 1. The van der Waals surface area contributed by atoms with Crippen molar-refractivity contribution in [3.63, 3.8) is 0 Å². The van der Waals surface area contributed by atoms with E-state index in [0.29, 0.717) is 0 Å². The van der Waals surface area contributed by atoms with Crippen LogP contribution in [0, 0.1) is 11.3 Å². The molecule has 0 aromatic carbocycles. The minimum atomic E-state index is -4.57. The molecule has 3 aliphatic heterocycles. The van der Waals surface area contributed by atoms with Gasteiger partial charge in [0.25, 0.3) is 0 Å². The molecule has 2 bridgehead atoms. The van der Waals surface area contributed by atoms with Crippen LogP contribution in [-0.4, -0.2) is 30.5 Å². The molecule has 3 fully saturated rings. The fourth-order valence-electron chi connectivity index (χ4n) is 2.93. The Morgan fingerprint density at radius 2 is 2.13 bits per heavy atom. The highest BCUT2D eigenvalue weighted by atomic mass is 19.4. The normalized spacial score (nSPS) is 52.4. The van der Waals surface area contributed by atoms with Crippen LogP contribution in [0.4, 0.5) is 13.2 Å². The summed E-state index contributed by atoms with van der Waals surface area (Å²) in [4.78, 5) is 11.4. The lowest BCUT2D eigenvalue weighted by molar-refractivity contribution is -0.228. The van der Waals surface area contributed by atoms with Crippen molar-refractivity contribution in [3.05, 3.63) is 0 Å². The van der Waals surface area contributed by atoms with Gasteiger partial charge in [-0.2, -0.15) is 13.2 Å². The molecule has 0 radical (unpaired) electrons. The lowest BCUT2D eigenvalue weighted by Gasteiger charge is -2.29. The third kappa shape index (κ3) is 0.814. The Bertz CT molecular complexity index is 340. The first-order valence-electron chi connectivity index (χ1n) is 4.81. The Hall–Kier alpha value is -0.780. The second-order valence-electron chi connectivity index (χ2n) is 4.50. The summed E-state index contributed by atoms with van der Waals surface area (Å²) in [6, 6.07) is 0. The molecule has 5 atom stereocenters. The summed E-state index contributed by atoms with van der Waals surface area (Å²) >= 11 is 0. The van der Waals surface area contributed by atoms with E-state index < -0.39 is 35.9 Å². The maximum Gasteiger partial charge on any atom is 0.407 e. The van der Waals surface area contributed by atoms with E-state index in [1.165, 1.54) is 0 Å². The van der Waals surface area contributed by atoms with Crippen LogP contribution >= 0.6 is 0 Å². The zero-order chi connectivity index (χ0) is 11.0. The maximum absolute atomic E-state index is 12.9. The molecule has 3 aliphatic rings. The fourth-order valence-corrected chi connectivity index (χ4v) is 2.93. The first-order chi connectivity index (χ1) is 6.88. The molecule has 84 valence electrons. The highest BCUT2D eigenvalue weighted by molar-refractivity contribution is 5.82. The first kappa shape index (κ1) is 9.45. The molecule has 0 saturated carbocycles. The molecular formula is C9H9F3O3. The fraction of sp³-hybridized carbons (Fsp3) is 0.889. The lowest BCUT2D eigenvalue weighted by Crippen LogP contribution is -2.50. The van der Waals surface area contributed by atoms with Gasteiger partial charge in [-0.1, -0.05) is 6.92 Å². The summed E-state index contributed by atoms with van der Waals surface area (Å²) in [5.74, 6) is -1.28. The van der Waals surface area contributed by atoms with Crippen molar-refractivity contribution in [1.82, 2.24) is 0 Å². The second-order valence-corrected chi connectivity index (χ2v) is 4.50. The number of alkyl halides is 3. The highest BCUT2D eigenvalue weighted by Gasteiger charge is 2.80. The number of halogens is 3. The van der Waals surface area contributed by atoms with Crippen molar-refractivity contribution in [2.24, 2.45) is 11.3 Å². The monoisotopic (exact) mass is 222 g/mol. The summed E-state index contributed by atoms with van der Waals surface area (Å²) in [5, 5.41) is 0. The van der Waals surface area contributed by atoms with E-state index in [4.69, 9.17) is 9.47 Å². The number of hydrogen-bond donors (Lipinski definition) is 0. The standard InChI is InChI=1S/C9H9F3O3/c1-3-4-2-8(9(10,11)12)6(14-4)5(3)15-7(8)13/h3-6H,2H2,1H3. The third-order valence-electron chi connectivity index (χ3n) is 3.85. The van der Waals surface area contributed by atoms with Crippen LogP contribution in [0.3, 0.4) is 0 Å². The van der Waals surface area contributed by atoms with Crippen LogP contribution in [-0.2, 0) is 14.3 Å². The molecule has 0 aromatic heterocycles. The minimum absolute atomic E-state index is 0.128. The average Bonchev–Trinajstić information content (AvgIpc) is 2.66. The van der Waals surface area contributed by atoms with Crippen molar-refractivity contribution in [1.29, 1.82) is 0 Å². The quantitative estimate of drug-likeness (QED) is 0.579. The van der Waals surface area contributed by atoms with Gasteiger partial charge in [0.2, 0.25) is 0 Å². The topological polar surface area (TPSA) is 35.5 Å². The van der Waals surface area contributed by atoms with E-state index in [0.717, 1.165) is 0 Å². The van der Waals surface area contributed by atoms with E-state index >= 15 is 0 Å². The number of rotatable bonds is 0. The molecule has 6 heteroatoms. The molecule has 15 heavy (non-hydrogen) atoms. The largest absolute Gasteiger partial charge is 0.458 e. The molecule has 0 amide bonds. The van der Waals surface area contributed by atoms with Crippen molar-refractivity contribution in [3.8, 4) is 0 Å². The van der Waals surface area contributed by atoms with Gasteiger partial charge >= 0.3 is 12.1 Å². The summed E-state index contributed by atoms with van der Waals surface area (Å²) in [6.45, 7) is 1.76. The van der Waals surface area contributed by atoms with E-state index in [2.05, 4.69) is 0 Å². The van der Waals surface area contributed by atoms with Gasteiger partial charge in [-0.05, 0) is 0 Å². The summed E-state index contributed by atoms with van der Waals surface area (Å²) < 4.78 is 48.7. The van der Waals surface area contributed by atoms with Crippen LogP contribution in [0.2, 0.25) is 0 Å². The third-order valence-corrected chi connectivity index (χ3v) is 3.85. The van der Waals surface area contributed by atoms with Crippen molar-refractivity contribution < 1.29 is 27.4 Å². The first-order valence-corrected chi connectivity index (χ1v) is 4.81. The molecule has 3 nitrogen and oxygen atoms in total. The highest BCUT2D eigenvalue weighted by Crippen LogP contribution is 2.62. The summed E-state index contributed by atoms with van der Waals surface area (Å²) in [6.07, 6.45) is -7.17. The molecule has 3 saturated heterocycles. The minimum Gasteiger partial charge on any atom is -0.458 e. The molecule has 0 aliphatic carbocycles. The molecule has 0 aromatic rings. The van der Waals surface area contributed by atoms with Crippen LogP contribution in [0.25, 0.3) is 0 Å². The van der Waals surface area contributed by atoms with Crippen LogP contribution < -0.4 is 0 Å². The SMILES string of the molecule is CC1C2CC3(C(F)(F)F)C(=O)OC1C3O2. The Labute approximate surface area is 83.5 Å². The predicted molar refractivity (Wildman–Crippen MR) is 40.8 cm³/mol. The van der Waals surface area contributed by atoms with Gasteiger partial charge in [0.1, 0.15) is 12.2 Å². The van der Waals surface area contributed by atoms with Gasteiger partial charge in [-0.25, -0.2) is 0 Å². The van der Waals surface area contributed by atoms with Crippen LogP contribution in [0.5, 0.6) is 0 Å².